The summed E-state index contributed by atoms with van der Waals surface area (Å²) in [4.78, 5) is 53.5. The van der Waals surface area contributed by atoms with E-state index in [4.69, 9.17) is 9.47 Å². The molecule has 192 valence electrons. The summed E-state index contributed by atoms with van der Waals surface area (Å²) < 4.78 is 10.3. The van der Waals surface area contributed by atoms with Crippen LogP contribution in [0.4, 0.5) is 5.69 Å². The first-order valence-corrected chi connectivity index (χ1v) is 12.8. The van der Waals surface area contributed by atoms with Crippen molar-refractivity contribution < 1.29 is 28.7 Å². The van der Waals surface area contributed by atoms with Crippen LogP contribution >= 0.6 is 0 Å². The minimum absolute atomic E-state index is 0.144. The summed E-state index contributed by atoms with van der Waals surface area (Å²) >= 11 is 0. The van der Waals surface area contributed by atoms with Crippen LogP contribution in [0, 0.1) is 23.7 Å². The molecule has 0 radical (unpaired) electrons. The zero-order valence-corrected chi connectivity index (χ0v) is 20.9. The van der Waals surface area contributed by atoms with Gasteiger partial charge in [-0.25, -0.2) is 4.79 Å². The number of fused-ring (bicyclic) bond motifs is 5. The van der Waals surface area contributed by atoms with Crippen LogP contribution in [-0.4, -0.2) is 37.3 Å². The lowest BCUT2D eigenvalue weighted by atomic mass is 9.73. The highest BCUT2D eigenvalue weighted by Crippen LogP contribution is 2.61. The van der Waals surface area contributed by atoms with Gasteiger partial charge in [-0.1, -0.05) is 36.4 Å². The molecule has 3 fully saturated rings. The van der Waals surface area contributed by atoms with Crippen molar-refractivity contribution in [3.8, 4) is 5.75 Å². The number of carbonyl (C=O) groups excluding carboxylic acids is 4. The van der Waals surface area contributed by atoms with Gasteiger partial charge in [-0.05, 0) is 78.6 Å². The number of hydrogen-bond acceptors (Lipinski definition) is 6. The fourth-order valence-electron chi connectivity index (χ4n) is 6.64. The molecule has 3 aliphatic rings. The number of imide groups is 1. The Balaban J connectivity index is 1.16. The normalized spacial score (nSPS) is 25.4. The van der Waals surface area contributed by atoms with Crippen LogP contribution in [0.15, 0.2) is 78.9 Å². The van der Waals surface area contributed by atoms with Crippen LogP contribution in [0.2, 0.25) is 0 Å². The van der Waals surface area contributed by atoms with E-state index >= 15 is 0 Å². The predicted molar refractivity (Wildman–Crippen MR) is 139 cm³/mol. The molecule has 7 nitrogen and oxygen atoms in total. The van der Waals surface area contributed by atoms with E-state index < -0.39 is 12.6 Å². The van der Waals surface area contributed by atoms with E-state index in [1.54, 1.807) is 42.5 Å². The first-order chi connectivity index (χ1) is 18.5. The molecule has 3 aromatic rings. The van der Waals surface area contributed by atoms with Gasteiger partial charge in [-0.15, -0.1) is 0 Å². The van der Waals surface area contributed by atoms with Crippen molar-refractivity contribution in [2.24, 2.45) is 23.7 Å². The van der Waals surface area contributed by atoms with Crippen LogP contribution in [0.5, 0.6) is 5.75 Å². The number of benzene rings is 3. The fourth-order valence-corrected chi connectivity index (χ4v) is 6.64. The summed E-state index contributed by atoms with van der Waals surface area (Å²) in [6, 6.07) is 23.1. The molecule has 0 unspecified atom stereocenters. The van der Waals surface area contributed by atoms with E-state index in [1.807, 2.05) is 18.2 Å². The lowest BCUT2D eigenvalue weighted by molar-refractivity contribution is -0.123. The summed E-state index contributed by atoms with van der Waals surface area (Å²) in [5.41, 5.74) is 2.16. The molecule has 38 heavy (non-hydrogen) atoms. The Kier molecular flexibility index (Phi) is 6.06. The van der Waals surface area contributed by atoms with E-state index in [2.05, 4.69) is 12.1 Å². The standard InChI is InChI=1S/C31H27NO6/c1-37-23-12-10-19(11-13-23)26(33)17-38-31(36)20-8-5-9-22(14-20)32-29(34)27-21-15-24(18-6-3-2-4-7-18)25(16-21)28(27)30(32)35/h2-14,21,24-25,27-28H,15-17H2,1H3/t21-,24-,25-,27+,28+/m1/s1. The molecule has 2 amide bonds. The molecule has 2 aliphatic carbocycles. The van der Waals surface area contributed by atoms with Crippen LogP contribution < -0.4 is 9.64 Å². The van der Waals surface area contributed by atoms with E-state index in [0.717, 1.165) is 12.8 Å². The molecule has 1 heterocycles. The topological polar surface area (TPSA) is 90.0 Å². The smallest absolute Gasteiger partial charge is 0.338 e. The summed E-state index contributed by atoms with van der Waals surface area (Å²) in [5, 5.41) is 0. The summed E-state index contributed by atoms with van der Waals surface area (Å²) in [5.74, 6) is -0.810. The first-order valence-electron chi connectivity index (χ1n) is 12.8. The Labute approximate surface area is 220 Å². The molecular weight excluding hydrogens is 482 g/mol. The van der Waals surface area contributed by atoms with E-state index in [-0.39, 0.29) is 52.8 Å². The molecule has 7 heteroatoms. The zero-order valence-electron chi connectivity index (χ0n) is 20.9. The Hall–Kier alpha value is -4.26. The van der Waals surface area contributed by atoms with Crippen molar-refractivity contribution in [1.29, 1.82) is 0 Å². The van der Waals surface area contributed by atoms with Crippen LogP contribution in [-0.2, 0) is 14.3 Å². The van der Waals surface area contributed by atoms with Gasteiger partial charge in [-0.2, -0.15) is 0 Å². The lowest BCUT2D eigenvalue weighted by Crippen LogP contribution is -2.33. The zero-order chi connectivity index (χ0) is 26.4. The van der Waals surface area contributed by atoms with Crippen molar-refractivity contribution in [3.05, 3.63) is 95.6 Å². The van der Waals surface area contributed by atoms with Gasteiger partial charge in [0.1, 0.15) is 5.75 Å². The summed E-state index contributed by atoms with van der Waals surface area (Å²) in [6.45, 7) is -0.425. The minimum atomic E-state index is -0.697. The number of hydrogen-bond donors (Lipinski definition) is 0. The summed E-state index contributed by atoms with van der Waals surface area (Å²) in [7, 11) is 1.54. The van der Waals surface area contributed by atoms with Gasteiger partial charge in [0.15, 0.2) is 12.4 Å². The second-order valence-corrected chi connectivity index (χ2v) is 10.3. The molecule has 3 aromatic carbocycles. The third kappa shape index (κ3) is 3.99. The number of esters is 1. The Bertz CT molecular complexity index is 1420. The van der Waals surface area contributed by atoms with Crippen molar-refractivity contribution in [1.82, 2.24) is 0 Å². The molecule has 0 N–H and O–H groups in total. The highest BCUT2D eigenvalue weighted by molar-refractivity contribution is 6.23. The number of methoxy groups -OCH3 is 1. The number of Topliss-reactive ketones (excluding diaryl/α,β-unsaturated/α-hetero) is 1. The Morgan fingerprint density at radius 3 is 2.32 bits per heavy atom. The maximum Gasteiger partial charge on any atom is 0.338 e. The number of nitrogens with zero attached hydrogens (tertiary/aromatic N) is 1. The average Bonchev–Trinajstić information content (AvgIpc) is 3.63. The van der Waals surface area contributed by atoms with Gasteiger partial charge >= 0.3 is 5.97 Å². The number of rotatable bonds is 7. The molecule has 2 bridgehead atoms. The van der Waals surface area contributed by atoms with E-state index in [1.165, 1.54) is 23.6 Å². The van der Waals surface area contributed by atoms with Crippen molar-refractivity contribution in [2.75, 3.05) is 18.6 Å². The monoisotopic (exact) mass is 509 g/mol. The van der Waals surface area contributed by atoms with Crippen LogP contribution in [0.1, 0.15) is 45.0 Å². The number of amides is 2. The van der Waals surface area contributed by atoms with Crippen LogP contribution in [0.3, 0.4) is 0 Å². The van der Waals surface area contributed by atoms with Gasteiger partial charge in [0.25, 0.3) is 0 Å². The lowest BCUT2D eigenvalue weighted by Gasteiger charge is -2.28. The Morgan fingerprint density at radius 2 is 1.58 bits per heavy atom. The minimum Gasteiger partial charge on any atom is -0.497 e. The number of carbonyl (C=O) groups is 4. The second kappa shape index (κ2) is 9.56. The Morgan fingerprint density at radius 1 is 0.842 bits per heavy atom. The summed E-state index contributed by atoms with van der Waals surface area (Å²) in [6.07, 6.45) is 1.81. The van der Waals surface area contributed by atoms with Gasteiger partial charge in [0.05, 0.1) is 30.2 Å². The third-order valence-corrected chi connectivity index (χ3v) is 8.33. The molecule has 5 atom stereocenters. The van der Waals surface area contributed by atoms with Gasteiger partial charge in [-0.3, -0.25) is 19.3 Å². The maximum absolute atomic E-state index is 13.6. The molecule has 1 aliphatic heterocycles. The maximum atomic E-state index is 13.6. The molecule has 0 spiro atoms. The first kappa shape index (κ1) is 24.1. The quantitative estimate of drug-likeness (QED) is 0.261. The fraction of sp³-hybridized carbons (Fsp3) is 0.290. The SMILES string of the molecule is COc1ccc(C(=O)COC(=O)c2cccc(N3C(=O)[C@H]4[C@H]5C[C@@H]([C@@H]4C3=O)[C@@H](c3ccccc3)C5)c2)cc1. The second-order valence-electron chi connectivity index (χ2n) is 10.3. The van der Waals surface area contributed by atoms with E-state index in [9.17, 15) is 19.2 Å². The predicted octanol–water partition coefficient (Wildman–Crippen LogP) is 4.66. The van der Waals surface area contributed by atoms with E-state index in [0.29, 0.717) is 17.0 Å². The largest absolute Gasteiger partial charge is 0.497 e. The van der Waals surface area contributed by atoms with Gasteiger partial charge in [0.2, 0.25) is 11.8 Å². The molecule has 0 aromatic heterocycles. The molecular formula is C31H27NO6. The highest BCUT2D eigenvalue weighted by Gasteiger charge is 2.64. The van der Waals surface area contributed by atoms with Crippen molar-refractivity contribution in [3.63, 3.8) is 0 Å². The van der Waals surface area contributed by atoms with Crippen molar-refractivity contribution >= 4 is 29.3 Å². The molecule has 6 rings (SSSR count). The third-order valence-electron chi connectivity index (χ3n) is 8.33. The highest BCUT2D eigenvalue weighted by atomic mass is 16.5. The molecule has 2 saturated carbocycles. The van der Waals surface area contributed by atoms with Crippen molar-refractivity contribution in [2.45, 2.75) is 18.8 Å². The number of ketones is 1. The molecule has 1 saturated heterocycles. The number of anilines is 1. The van der Waals surface area contributed by atoms with Gasteiger partial charge < -0.3 is 9.47 Å². The average molecular weight is 510 g/mol. The number of ether oxygens (including phenoxy) is 2. The van der Waals surface area contributed by atoms with Crippen LogP contribution in [0.25, 0.3) is 0 Å². The van der Waals surface area contributed by atoms with Gasteiger partial charge in [0, 0.05) is 5.56 Å².